The monoisotopic (exact) mass is 496 g/mol. The molecule has 0 spiro atoms. The Balaban J connectivity index is 2.44. The van der Waals surface area contributed by atoms with Gasteiger partial charge in [-0.25, -0.2) is 4.79 Å². The number of aromatic carboxylic acids is 1. The Kier molecular flexibility index (Phi) is 7.73. The van der Waals surface area contributed by atoms with Gasteiger partial charge in [0.05, 0.1) is 39.7 Å². The van der Waals surface area contributed by atoms with Crippen molar-refractivity contribution in [2.24, 2.45) is 11.8 Å². The van der Waals surface area contributed by atoms with E-state index in [9.17, 15) is 14.7 Å². The lowest BCUT2D eigenvalue weighted by molar-refractivity contribution is -0.0843. The largest absolute Gasteiger partial charge is 0.478 e. The molecular weight excluding hydrogens is 456 g/mol. The van der Waals surface area contributed by atoms with Crippen molar-refractivity contribution >= 4 is 27.9 Å². The molecule has 0 radical (unpaired) electrons. The third-order valence-electron chi connectivity index (χ3n) is 5.87. The summed E-state index contributed by atoms with van der Waals surface area (Å²) < 4.78 is 19.3. The van der Waals surface area contributed by atoms with Crippen molar-refractivity contribution in [2.75, 3.05) is 0 Å². The van der Waals surface area contributed by atoms with Gasteiger partial charge in [-0.2, -0.15) is 0 Å². The Bertz CT molecular complexity index is 1320. The summed E-state index contributed by atoms with van der Waals surface area (Å²) in [7, 11) is 0. The van der Waals surface area contributed by atoms with Crippen LogP contribution in [0.1, 0.15) is 103 Å². The predicted octanol–water partition coefficient (Wildman–Crippen LogP) is 7.67. The van der Waals surface area contributed by atoms with Gasteiger partial charge in [-0.05, 0) is 89.3 Å². The molecule has 0 amide bonds. The van der Waals surface area contributed by atoms with E-state index in [0.717, 1.165) is 11.1 Å². The average Bonchev–Trinajstić information content (AvgIpc) is 2.74. The van der Waals surface area contributed by atoms with Crippen LogP contribution in [0.2, 0.25) is 0 Å². The van der Waals surface area contributed by atoms with Gasteiger partial charge in [-0.15, -0.1) is 0 Å². The second-order valence-corrected chi connectivity index (χ2v) is 12.2. The molecule has 36 heavy (non-hydrogen) atoms. The van der Waals surface area contributed by atoms with E-state index in [0.29, 0.717) is 16.6 Å². The molecule has 0 saturated heterocycles. The molecule has 196 valence electrons. The van der Waals surface area contributed by atoms with Crippen LogP contribution in [0.25, 0.3) is 21.9 Å². The van der Waals surface area contributed by atoms with Gasteiger partial charge in [-0.1, -0.05) is 27.7 Å². The Morgan fingerprint density at radius 2 is 1.39 bits per heavy atom. The van der Waals surface area contributed by atoms with Gasteiger partial charge in [0.2, 0.25) is 5.43 Å². The maximum atomic E-state index is 13.8. The summed E-state index contributed by atoms with van der Waals surface area (Å²) in [5.41, 5.74) is 1.41. The van der Waals surface area contributed by atoms with Crippen LogP contribution in [0.5, 0.6) is 0 Å². The van der Waals surface area contributed by atoms with Gasteiger partial charge in [0, 0.05) is 5.56 Å². The number of rotatable bonds is 7. The van der Waals surface area contributed by atoms with Gasteiger partial charge >= 0.3 is 5.97 Å². The average molecular weight is 497 g/mol. The van der Waals surface area contributed by atoms with Gasteiger partial charge in [0.25, 0.3) is 0 Å². The molecule has 0 aliphatic carbocycles. The molecular formula is C30H40O6. The molecule has 3 aromatic rings. The molecule has 0 fully saturated rings. The molecule has 6 heteroatoms. The van der Waals surface area contributed by atoms with Crippen LogP contribution in [0.15, 0.2) is 39.5 Å². The standard InChI is InChI=1S/C30H40O6/c1-16(2)25(35-29(5,6)7)19-14-21-24(31)20-13-18(28(32)33)11-12-23(20)34-27(21)22(15-19)26(17(3)4)36-30(8,9)10/h11-17,25-26H,1-10H3,(H,32,33). The maximum Gasteiger partial charge on any atom is 0.335 e. The predicted molar refractivity (Wildman–Crippen MR) is 144 cm³/mol. The molecule has 2 aromatic carbocycles. The molecule has 2 unspecified atom stereocenters. The van der Waals surface area contributed by atoms with Crippen LogP contribution >= 0.6 is 0 Å². The molecule has 1 N–H and O–H groups in total. The van der Waals surface area contributed by atoms with Crippen molar-refractivity contribution in [1.82, 2.24) is 0 Å². The minimum atomic E-state index is -1.09. The van der Waals surface area contributed by atoms with E-state index in [4.69, 9.17) is 13.9 Å². The van der Waals surface area contributed by atoms with Gasteiger partial charge in [-0.3, -0.25) is 4.79 Å². The number of hydrogen-bond donors (Lipinski definition) is 1. The third kappa shape index (κ3) is 6.16. The molecule has 2 atom stereocenters. The summed E-state index contributed by atoms with van der Waals surface area (Å²) in [5, 5.41) is 10.1. The molecule has 0 bridgehead atoms. The summed E-state index contributed by atoms with van der Waals surface area (Å²) in [6.45, 7) is 20.4. The van der Waals surface area contributed by atoms with Crippen molar-refractivity contribution < 1.29 is 23.8 Å². The van der Waals surface area contributed by atoms with Crippen LogP contribution < -0.4 is 5.43 Å². The van der Waals surface area contributed by atoms with Crippen molar-refractivity contribution in [3.63, 3.8) is 0 Å². The SMILES string of the molecule is CC(C)C(OC(C)(C)C)c1cc(C(OC(C)(C)C)C(C)C)c2oc3ccc(C(=O)O)cc3c(=O)c2c1. The number of fused-ring (bicyclic) bond motifs is 2. The molecule has 3 rings (SSSR count). The van der Waals surface area contributed by atoms with Gasteiger partial charge < -0.3 is 19.0 Å². The Morgan fingerprint density at radius 3 is 1.89 bits per heavy atom. The van der Waals surface area contributed by atoms with Crippen LogP contribution in [0.3, 0.4) is 0 Å². The lowest BCUT2D eigenvalue weighted by Crippen LogP contribution is -2.27. The fourth-order valence-corrected chi connectivity index (χ4v) is 4.43. The van der Waals surface area contributed by atoms with Crippen LogP contribution in [0, 0.1) is 11.8 Å². The van der Waals surface area contributed by atoms with Crippen molar-refractivity contribution in [2.45, 2.75) is 92.6 Å². The fourth-order valence-electron chi connectivity index (χ4n) is 4.43. The molecule has 1 heterocycles. The van der Waals surface area contributed by atoms with Crippen LogP contribution in [0.4, 0.5) is 0 Å². The third-order valence-corrected chi connectivity index (χ3v) is 5.87. The minimum absolute atomic E-state index is 0.0396. The van der Waals surface area contributed by atoms with E-state index in [1.807, 2.05) is 47.6 Å². The minimum Gasteiger partial charge on any atom is -0.478 e. The zero-order valence-electron chi connectivity index (χ0n) is 23.2. The highest BCUT2D eigenvalue weighted by atomic mass is 16.5. The number of ether oxygens (including phenoxy) is 2. The van der Waals surface area contributed by atoms with E-state index in [-0.39, 0.29) is 40.4 Å². The molecule has 0 aliphatic heterocycles. The molecule has 0 saturated carbocycles. The van der Waals surface area contributed by atoms with Gasteiger partial charge in [0.1, 0.15) is 11.2 Å². The van der Waals surface area contributed by atoms with Crippen LogP contribution in [-0.4, -0.2) is 22.3 Å². The highest BCUT2D eigenvalue weighted by Gasteiger charge is 2.30. The number of benzene rings is 2. The second-order valence-electron chi connectivity index (χ2n) is 12.2. The molecule has 0 aliphatic rings. The normalized spacial score (nSPS) is 14.7. The van der Waals surface area contributed by atoms with Crippen molar-refractivity contribution in [3.05, 3.63) is 57.2 Å². The summed E-state index contributed by atoms with van der Waals surface area (Å²) in [6.07, 6.45) is -0.607. The van der Waals surface area contributed by atoms with E-state index in [1.165, 1.54) is 12.1 Å². The Labute approximate surface area is 213 Å². The summed E-state index contributed by atoms with van der Waals surface area (Å²) >= 11 is 0. The summed E-state index contributed by atoms with van der Waals surface area (Å²) in [6, 6.07) is 8.27. The Morgan fingerprint density at radius 1 is 0.833 bits per heavy atom. The fraction of sp³-hybridized carbons (Fsp3) is 0.533. The lowest BCUT2D eigenvalue weighted by atomic mass is 9.89. The van der Waals surface area contributed by atoms with Crippen molar-refractivity contribution in [3.8, 4) is 0 Å². The first kappa shape index (κ1) is 27.9. The number of carboxylic acids is 1. The first-order chi connectivity index (χ1) is 16.5. The Hall–Kier alpha value is -2.70. The zero-order valence-corrected chi connectivity index (χ0v) is 23.2. The van der Waals surface area contributed by atoms with E-state index in [2.05, 4.69) is 33.8 Å². The van der Waals surface area contributed by atoms with E-state index >= 15 is 0 Å². The van der Waals surface area contributed by atoms with Crippen LogP contribution in [-0.2, 0) is 9.47 Å². The summed E-state index contributed by atoms with van der Waals surface area (Å²) in [5.74, 6) is -0.858. The second kappa shape index (κ2) is 9.98. The number of carbonyl (C=O) groups is 1. The maximum absolute atomic E-state index is 13.8. The highest BCUT2D eigenvalue weighted by Crippen LogP contribution is 2.40. The number of hydrogen-bond acceptors (Lipinski definition) is 5. The highest BCUT2D eigenvalue weighted by molar-refractivity contribution is 5.96. The summed E-state index contributed by atoms with van der Waals surface area (Å²) in [4.78, 5) is 25.3. The zero-order chi connectivity index (χ0) is 27.2. The van der Waals surface area contributed by atoms with Gasteiger partial charge in [0.15, 0.2) is 0 Å². The molecule has 1 aromatic heterocycles. The smallest absolute Gasteiger partial charge is 0.335 e. The van der Waals surface area contributed by atoms with E-state index in [1.54, 1.807) is 6.07 Å². The first-order valence-corrected chi connectivity index (χ1v) is 12.6. The number of carboxylic acid groups (broad SMARTS) is 1. The van der Waals surface area contributed by atoms with Crippen molar-refractivity contribution in [1.29, 1.82) is 0 Å². The molecule has 6 nitrogen and oxygen atoms in total. The van der Waals surface area contributed by atoms with E-state index < -0.39 is 17.2 Å². The quantitative estimate of drug-likeness (QED) is 0.338. The lowest BCUT2D eigenvalue weighted by Gasteiger charge is -2.33. The first-order valence-electron chi connectivity index (χ1n) is 12.6. The topological polar surface area (TPSA) is 86.0 Å².